The van der Waals surface area contributed by atoms with Crippen LogP contribution in [0.1, 0.15) is 54.0 Å². The Balaban J connectivity index is 1.31. The number of likely N-dealkylation sites (tertiary alicyclic amines) is 2. The summed E-state index contributed by atoms with van der Waals surface area (Å²) in [4.78, 5) is 64.8. The molecule has 0 aliphatic carbocycles. The molecular formula is C29H31N5O4. The molecule has 1 aromatic carbocycles. The lowest BCUT2D eigenvalue weighted by Crippen LogP contribution is -2.65. The number of Topliss-reactive ketones (excluding diaryl/α,β-unsaturated/α-hetero) is 1. The Morgan fingerprint density at radius 3 is 2.63 bits per heavy atom. The zero-order valence-corrected chi connectivity index (χ0v) is 21.5. The molecule has 5 rings (SSSR count). The van der Waals surface area contributed by atoms with Gasteiger partial charge in [-0.3, -0.25) is 24.2 Å². The summed E-state index contributed by atoms with van der Waals surface area (Å²) >= 11 is 0. The average Bonchev–Trinajstić information content (AvgIpc) is 2.94. The van der Waals surface area contributed by atoms with Gasteiger partial charge in [-0.05, 0) is 49.4 Å². The summed E-state index contributed by atoms with van der Waals surface area (Å²) in [5, 5.41) is 3.81. The van der Waals surface area contributed by atoms with Crippen molar-refractivity contribution in [1.29, 1.82) is 0 Å². The molecule has 2 aromatic heterocycles. The number of para-hydroxylation sites is 1. The van der Waals surface area contributed by atoms with Gasteiger partial charge in [0.2, 0.25) is 5.91 Å². The van der Waals surface area contributed by atoms with Gasteiger partial charge in [-0.1, -0.05) is 38.1 Å². The number of pyridine rings is 2. The normalized spacial score (nSPS) is 19.9. The predicted molar refractivity (Wildman–Crippen MR) is 141 cm³/mol. The lowest BCUT2D eigenvalue weighted by atomic mass is 9.87. The zero-order chi connectivity index (χ0) is 26.8. The first-order valence-electron chi connectivity index (χ1n) is 13.0. The third-order valence-corrected chi connectivity index (χ3v) is 7.31. The minimum Gasteiger partial charge on any atom is -0.339 e. The highest BCUT2D eigenvalue weighted by Crippen LogP contribution is 2.30. The van der Waals surface area contributed by atoms with Crippen LogP contribution in [0.4, 0.5) is 0 Å². The van der Waals surface area contributed by atoms with Crippen LogP contribution in [0, 0.1) is 5.92 Å². The van der Waals surface area contributed by atoms with Crippen LogP contribution in [0.3, 0.4) is 0 Å². The number of carbonyl (C=O) groups is 4. The number of nitrogens with one attached hydrogen (secondary N) is 1. The maximum atomic E-state index is 13.7. The van der Waals surface area contributed by atoms with Crippen LogP contribution >= 0.6 is 0 Å². The summed E-state index contributed by atoms with van der Waals surface area (Å²) in [5.41, 5.74) is 1.38. The first-order chi connectivity index (χ1) is 18.3. The van der Waals surface area contributed by atoms with Gasteiger partial charge in [-0.25, -0.2) is 4.98 Å². The predicted octanol–water partition coefficient (Wildman–Crippen LogP) is 2.86. The van der Waals surface area contributed by atoms with Gasteiger partial charge >= 0.3 is 0 Å². The molecule has 196 valence electrons. The van der Waals surface area contributed by atoms with Crippen molar-refractivity contribution in [1.82, 2.24) is 25.1 Å². The Kier molecular flexibility index (Phi) is 7.18. The van der Waals surface area contributed by atoms with E-state index in [9.17, 15) is 19.2 Å². The number of fused-ring (bicyclic) bond motifs is 3. The van der Waals surface area contributed by atoms with Crippen LogP contribution in [0.15, 0.2) is 60.9 Å². The van der Waals surface area contributed by atoms with Crippen LogP contribution in [-0.4, -0.2) is 74.5 Å². The summed E-state index contributed by atoms with van der Waals surface area (Å²) in [7, 11) is 0. The van der Waals surface area contributed by atoms with E-state index in [1.165, 1.54) is 6.20 Å². The molecule has 4 heterocycles. The molecule has 0 spiro atoms. The number of hydrogen-bond donors (Lipinski definition) is 1. The lowest BCUT2D eigenvalue weighted by Gasteiger charge is -2.48. The molecule has 0 saturated carbocycles. The monoisotopic (exact) mass is 513 g/mol. The second-order valence-electron chi connectivity index (χ2n) is 10.4. The molecule has 1 N–H and O–H groups in total. The largest absolute Gasteiger partial charge is 0.339 e. The third-order valence-electron chi connectivity index (χ3n) is 7.31. The smallest absolute Gasteiger partial charge is 0.270 e. The number of nitrogens with zero attached hydrogens (tertiary/aromatic N) is 4. The van der Waals surface area contributed by atoms with Gasteiger partial charge < -0.3 is 15.1 Å². The number of aromatic nitrogens is 2. The number of benzene rings is 1. The van der Waals surface area contributed by atoms with Gasteiger partial charge in [0, 0.05) is 30.4 Å². The van der Waals surface area contributed by atoms with Crippen LogP contribution in [-0.2, 0) is 9.59 Å². The molecule has 3 atom stereocenters. The lowest BCUT2D eigenvalue weighted by molar-refractivity contribution is -0.147. The molecule has 2 aliphatic heterocycles. The van der Waals surface area contributed by atoms with E-state index in [4.69, 9.17) is 0 Å². The van der Waals surface area contributed by atoms with Crippen molar-refractivity contribution >= 4 is 34.4 Å². The SMILES string of the molecule is CC(C)C[C@H](NC(=O)c1ccc2ccccc2n1)C(=O)N1CC[C@@H]2CC1C(=O)CN2C(=O)c1cccnc1. The number of rotatable bonds is 6. The number of hydrogen-bond acceptors (Lipinski definition) is 6. The second-order valence-corrected chi connectivity index (χ2v) is 10.4. The third kappa shape index (κ3) is 5.14. The molecule has 2 saturated heterocycles. The molecular weight excluding hydrogens is 482 g/mol. The first kappa shape index (κ1) is 25.5. The van der Waals surface area contributed by atoms with E-state index in [1.807, 2.05) is 44.2 Å². The van der Waals surface area contributed by atoms with Crippen LogP contribution < -0.4 is 5.32 Å². The van der Waals surface area contributed by atoms with Gasteiger partial charge in [0.25, 0.3) is 11.8 Å². The van der Waals surface area contributed by atoms with Gasteiger partial charge in [-0.15, -0.1) is 0 Å². The Morgan fingerprint density at radius 2 is 1.87 bits per heavy atom. The molecule has 2 bridgehead atoms. The van der Waals surface area contributed by atoms with Gasteiger partial charge in [0.05, 0.1) is 23.7 Å². The van der Waals surface area contributed by atoms with E-state index in [2.05, 4.69) is 15.3 Å². The zero-order valence-electron chi connectivity index (χ0n) is 21.5. The van der Waals surface area contributed by atoms with Gasteiger partial charge in [0.15, 0.2) is 5.78 Å². The van der Waals surface area contributed by atoms with E-state index in [0.29, 0.717) is 36.9 Å². The fourth-order valence-electron chi connectivity index (χ4n) is 5.41. The molecule has 3 aromatic rings. The van der Waals surface area contributed by atoms with Crippen molar-refractivity contribution in [2.24, 2.45) is 5.92 Å². The Morgan fingerprint density at radius 1 is 1.05 bits per heavy atom. The Bertz CT molecular complexity index is 1380. The summed E-state index contributed by atoms with van der Waals surface area (Å²) < 4.78 is 0. The fraction of sp³-hybridized carbons (Fsp3) is 0.379. The second kappa shape index (κ2) is 10.7. The topological polar surface area (TPSA) is 113 Å². The maximum absolute atomic E-state index is 13.7. The quantitative estimate of drug-likeness (QED) is 0.543. The standard InChI is InChI=1S/C29H31N5O4/c1-18(2)14-24(32-27(36)23-10-9-19-6-3-4-8-22(19)31-23)29(38)33-13-11-21-15-25(33)26(35)17-34(21)28(37)20-7-5-12-30-16-20/h3-10,12,16,18,21,24-25H,11,13-15,17H2,1-2H3,(H,32,36)/t21-,24+,25?/m1/s1. The van der Waals surface area contributed by atoms with Crippen molar-refractivity contribution in [3.63, 3.8) is 0 Å². The van der Waals surface area contributed by atoms with E-state index in [0.717, 1.165) is 5.39 Å². The van der Waals surface area contributed by atoms with Crippen molar-refractivity contribution in [3.05, 3.63) is 72.2 Å². The first-order valence-corrected chi connectivity index (χ1v) is 13.0. The Hall–Kier alpha value is -4.14. The average molecular weight is 514 g/mol. The molecule has 9 nitrogen and oxygen atoms in total. The van der Waals surface area contributed by atoms with Crippen molar-refractivity contribution in [2.45, 2.75) is 51.2 Å². The maximum Gasteiger partial charge on any atom is 0.270 e. The summed E-state index contributed by atoms with van der Waals surface area (Å²) in [6.07, 6.45) is 4.49. The fourth-order valence-corrected chi connectivity index (χ4v) is 5.41. The number of amides is 3. The summed E-state index contributed by atoms with van der Waals surface area (Å²) in [6.45, 7) is 4.27. The minimum atomic E-state index is -0.782. The van der Waals surface area contributed by atoms with Crippen LogP contribution in [0.2, 0.25) is 0 Å². The van der Waals surface area contributed by atoms with Crippen molar-refractivity contribution < 1.29 is 19.2 Å². The van der Waals surface area contributed by atoms with Crippen molar-refractivity contribution in [3.8, 4) is 0 Å². The van der Waals surface area contributed by atoms with Crippen molar-refractivity contribution in [2.75, 3.05) is 13.1 Å². The molecule has 3 amide bonds. The minimum absolute atomic E-state index is 0.0466. The van der Waals surface area contributed by atoms with E-state index >= 15 is 0 Å². The van der Waals surface area contributed by atoms with E-state index in [-0.39, 0.29) is 41.8 Å². The molecule has 0 radical (unpaired) electrons. The molecule has 1 unspecified atom stereocenters. The molecule has 9 heteroatoms. The number of ketones is 1. The highest BCUT2D eigenvalue weighted by Gasteiger charge is 2.46. The van der Waals surface area contributed by atoms with Gasteiger partial charge in [-0.2, -0.15) is 0 Å². The Labute approximate surface area is 221 Å². The number of carbonyl (C=O) groups excluding carboxylic acids is 4. The van der Waals surface area contributed by atoms with Crippen LogP contribution in [0.25, 0.3) is 10.9 Å². The van der Waals surface area contributed by atoms with Gasteiger partial charge in [0.1, 0.15) is 11.7 Å². The molecule has 2 aliphatic rings. The summed E-state index contributed by atoms with van der Waals surface area (Å²) in [5.74, 6) is -0.939. The molecule has 2 fully saturated rings. The van der Waals surface area contributed by atoms with Crippen LogP contribution in [0.5, 0.6) is 0 Å². The summed E-state index contributed by atoms with van der Waals surface area (Å²) in [6, 6.07) is 12.9. The number of piperidine rings is 2. The van der Waals surface area contributed by atoms with E-state index in [1.54, 1.807) is 34.2 Å². The van der Waals surface area contributed by atoms with E-state index < -0.39 is 18.0 Å². The highest BCUT2D eigenvalue weighted by atomic mass is 16.2. The highest BCUT2D eigenvalue weighted by molar-refractivity contribution is 6.01. The molecule has 38 heavy (non-hydrogen) atoms.